The summed E-state index contributed by atoms with van der Waals surface area (Å²) in [7, 11) is 1.57. The molecule has 0 bridgehead atoms. The molecule has 1 atom stereocenters. The lowest BCUT2D eigenvalue weighted by Crippen LogP contribution is -2.27. The van der Waals surface area contributed by atoms with Crippen molar-refractivity contribution in [3.63, 3.8) is 0 Å². The standard InChI is InChI=1S/C16H18BrN3O3/c1-20-16(23)15(17)13(10-18-20)19-12(7-8-14(21)22)9-11-5-3-2-4-6-11/h2-6,10,12,19H,7-9H2,1H3,(H,21,22). The summed E-state index contributed by atoms with van der Waals surface area (Å²) in [6.45, 7) is 0. The molecule has 0 spiro atoms. The van der Waals surface area contributed by atoms with Gasteiger partial charge in [0.1, 0.15) is 4.47 Å². The second-order valence-electron chi connectivity index (χ2n) is 5.26. The van der Waals surface area contributed by atoms with Crippen LogP contribution in [0.15, 0.2) is 45.8 Å². The van der Waals surface area contributed by atoms with Crippen molar-refractivity contribution in [2.45, 2.75) is 25.3 Å². The fourth-order valence-corrected chi connectivity index (χ4v) is 2.73. The lowest BCUT2D eigenvalue weighted by molar-refractivity contribution is -0.137. The van der Waals surface area contributed by atoms with Gasteiger partial charge in [0, 0.05) is 19.5 Å². The predicted octanol–water partition coefficient (Wildman–Crippen LogP) is 2.43. The SMILES string of the molecule is Cn1ncc(NC(CCC(=O)O)Cc2ccccc2)c(Br)c1=O. The van der Waals surface area contributed by atoms with E-state index in [1.54, 1.807) is 13.2 Å². The smallest absolute Gasteiger partial charge is 0.303 e. The maximum absolute atomic E-state index is 11.9. The Morgan fingerprint density at radius 3 is 2.74 bits per heavy atom. The number of carboxylic acids is 1. The number of benzene rings is 1. The zero-order valence-electron chi connectivity index (χ0n) is 12.7. The Labute approximate surface area is 142 Å². The molecule has 2 N–H and O–H groups in total. The number of nitrogens with one attached hydrogen (secondary N) is 1. The first-order valence-electron chi connectivity index (χ1n) is 7.21. The van der Waals surface area contributed by atoms with Gasteiger partial charge in [-0.3, -0.25) is 9.59 Å². The van der Waals surface area contributed by atoms with Crippen LogP contribution < -0.4 is 10.9 Å². The summed E-state index contributed by atoms with van der Waals surface area (Å²) >= 11 is 3.27. The van der Waals surface area contributed by atoms with E-state index in [0.717, 1.165) is 5.56 Å². The molecule has 0 aliphatic rings. The number of nitrogens with zero attached hydrogens (tertiary/aromatic N) is 2. The molecule has 6 nitrogen and oxygen atoms in total. The number of carboxylic acid groups (broad SMARTS) is 1. The lowest BCUT2D eigenvalue weighted by atomic mass is 10.0. The first-order chi connectivity index (χ1) is 11.0. The van der Waals surface area contributed by atoms with Gasteiger partial charge in [-0.2, -0.15) is 5.10 Å². The molecule has 1 unspecified atom stereocenters. The van der Waals surface area contributed by atoms with Gasteiger partial charge >= 0.3 is 5.97 Å². The van der Waals surface area contributed by atoms with Crippen LogP contribution in [0.5, 0.6) is 0 Å². The zero-order chi connectivity index (χ0) is 16.8. The lowest BCUT2D eigenvalue weighted by Gasteiger charge is -2.20. The summed E-state index contributed by atoms with van der Waals surface area (Å²) in [5.74, 6) is -0.842. The average Bonchev–Trinajstić information content (AvgIpc) is 2.54. The van der Waals surface area contributed by atoms with Crippen LogP contribution in [0.25, 0.3) is 0 Å². The second kappa shape index (κ2) is 7.92. The van der Waals surface area contributed by atoms with E-state index in [2.05, 4.69) is 26.3 Å². The third kappa shape index (κ3) is 4.92. The molecule has 1 heterocycles. The monoisotopic (exact) mass is 379 g/mol. The van der Waals surface area contributed by atoms with Gasteiger partial charge in [0.2, 0.25) is 0 Å². The van der Waals surface area contributed by atoms with Gasteiger partial charge in [0.05, 0.1) is 11.9 Å². The molecule has 0 aliphatic heterocycles. The minimum Gasteiger partial charge on any atom is -0.481 e. The van der Waals surface area contributed by atoms with Gasteiger partial charge in [0.15, 0.2) is 0 Å². The maximum atomic E-state index is 11.9. The van der Waals surface area contributed by atoms with Crippen molar-refractivity contribution in [3.05, 3.63) is 56.9 Å². The molecule has 1 aromatic carbocycles. The highest BCUT2D eigenvalue weighted by molar-refractivity contribution is 9.10. The van der Waals surface area contributed by atoms with E-state index >= 15 is 0 Å². The van der Waals surface area contributed by atoms with E-state index in [1.807, 2.05) is 30.3 Å². The van der Waals surface area contributed by atoms with E-state index in [1.165, 1.54) is 4.68 Å². The minimum absolute atomic E-state index is 0.0559. The van der Waals surface area contributed by atoms with Crippen LogP contribution in [0.1, 0.15) is 18.4 Å². The van der Waals surface area contributed by atoms with Gasteiger partial charge in [-0.15, -0.1) is 0 Å². The van der Waals surface area contributed by atoms with E-state index in [0.29, 0.717) is 23.0 Å². The Hall–Kier alpha value is -2.15. The average molecular weight is 380 g/mol. The number of aryl methyl sites for hydroxylation is 1. The molecule has 7 heteroatoms. The molecule has 0 radical (unpaired) electrons. The van der Waals surface area contributed by atoms with E-state index in [4.69, 9.17) is 5.11 Å². The Morgan fingerprint density at radius 2 is 2.09 bits per heavy atom. The summed E-state index contributed by atoms with van der Waals surface area (Å²) < 4.78 is 1.63. The molecule has 0 saturated heterocycles. The largest absolute Gasteiger partial charge is 0.481 e. The summed E-state index contributed by atoms with van der Waals surface area (Å²) in [5.41, 5.74) is 1.43. The van der Waals surface area contributed by atoms with Crippen molar-refractivity contribution in [1.29, 1.82) is 0 Å². The van der Waals surface area contributed by atoms with E-state index < -0.39 is 5.97 Å². The summed E-state index contributed by atoms with van der Waals surface area (Å²) in [6, 6.07) is 9.70. The number of hydrogen-bond acceptors (Lipinski definition) is 4. The number of carbonyl (C=O) groups is 1. The van der Waals surface area contributed by atoms with Crippen LogP contribution in [-0.4, -0.2) is 26.9 Å². The van der Waals surface area contributed by atoms with Crippen LogP contribution in [0.4, 0.5) is 5.69 Å². The molecular formula is C16H18BrN3O3. The van der Waals surface area contributed by atoms with E-state index in [-0.39, 0.29) is 18.0 Å². The molecule has 0 aliphatic carbocycles. The molecule has 2 aromatic rings. The van der Waals surface area contributed by atoms with Gasteiger partial charge in [-0.1, -0.05) is 30.3 Å². The molecule has 23 heavy (non-hydrogen) atoms. The zero-order valence-corrected chi connectivity index (χ0v) is 14.3. The van der Waals surface area contributed by atoms with Crippen molar-refractivity contribution in [1.82, 2.24) is 9.78 Å². The first kappa shape index (κ1) is 17.2. The van der Waals surface area contributed by atoms with Crippen molar-refractivity contribution >= 4 is 27.6 Å². The van der Waals surface area contributed by atoms with Crippen LogP contribution in [0.2, 0.25) is 0 Å². The number of halogens is 1. The van der Waals surface area contributed by atoms with Gasteiger partial charge in [-0.25, -0.2) is 4.68 Å². The third-order valence-electron chi connectivity index (χ3n) is 3.47. The minimum atomic E-state index is -0.842. The Morgan fingerprint density at radius 1 is 1.39 bits per heavy atom. The fourth-order valence-electron chi connectivity index (χ4n) is 2.25. The molecular weight excluding hydrogens is 362 g/mol. The Balaban J connectivity index is 2.18. The van der Waals surface area contributed by atoms with Gasteiger partial charge < -0.3 is 10.4 Å². The van der Waals surface area contributed by atoms with Crippen molar-refractivity contribution in [3.8, 4) is 0 Å². The van der Waals surface area contributed by atoms with Crippen molar-refractivity contribution < 1.29 is 9.90 Å². The second-order valence-corrected chi connectivity index (χ2v) is 6.06. The van der Waals surface area contributed by atoms with Crippen molar-refractivity contribution in [2.24, 2.45) is 7.05 Å². The highest BCUT2D eigenvalue weighted by atomic mass is 79.9. The molecule has 122 valence electrons. The van der Waals surface area contributed by atoms with Crippen LogP contribution >= 0.6 is 15.9 Å². The Bertz CT molecular complexity index is 731. The first-order valence-corrected chi connectivity index (χ1v) is 8.00. The number of aliphatic carboxylic acids is 1. The van der Waals surface area contributed by atoms with Gasteiger partial charge in [0.25, 0.3) is 5.56 Å². The fraction of sp³-hybridized carbons (Fsp3) is 0.312. The number of aromatic nitrogens is 2. The topological polar surface area (TPSA) is 84.2 Å². The summed E-state index contributed by atoms with van der Waals surface area (Å²) in [4.78, 5) is 22.8. The summed E-state index contributed by atoms with van der Waals surface area (Å²) in [6.07, 6.45) is 2.73. The van der Waals surface area contributed by atoms with Crippen LogP contribution in [-0.2, 0) is 18.3 Å². The van der Waals surface area contributed by atoms with Gasteiger partial charge in [-0.05, 0) is 34.3 Å². The number of rotatable bonds is 7. The van der Waals surface area contributed by atoms with E-state index in [9.17, 15) is 9.59 Å². The van der Waals surface area contributed by atoms with Crippen molar-refractivity contribution in [2.75, 3.05) is 5.32 Å². The molecule has 1 aromatic heterocycles. The predicted molar refractivity (Wildman–Crippen MR) is 91.6 cm³/mol. The Kier molecular flexibility index (Phi) is 5.92. The maximum Gasteiger partial charge on any atom is 0.303 e. The highest BCUT2D eigenvalue weighted by Crippen LogP contribution is 2.20. The van der Waals surface area contributed by atoms with Crippen LogP contribution in [0, 0.1) is 0 Å². The highest BCUT2D eigenvalue weighted by Gasteiger charge is 2.15. The molecule has 0 saturated carbocycles. The molecule has 0 amide bonds. The normalized spacial score (nSPS) is 11.9. The number of anilines is 1. The number of hydrogen-bond donors (Lipinski definition) is 2. The third-order valence-corrected chi connectivity index (χ3v) is 4.24. The molecule has 0 fully saturated rings. The quantitative estimate of drug-likeness (QED) is 0.771. The van der Waals surface area contributed by atoms with Crippen LogP contribution in [0.3, 0.4) is 0 Å². The summed E-state index contributed by atoms with van der Waals surface area (Å²) in [5, 5.41) is 16.2. The molecule has 2 rings (SSSR count).